The quantitative estimate of drug-likeness (QED) is 0.0222. The Morgan fingerprint density at radius 1 is 0.308 bits per heavy atom. The van der Waals surface area contributed by atoms with E-state index in [0.29, 0.717) is 31.6 Å². The van der Waals surface area contributed by atoms with E-state index in [2.05, 4.69) is 55.4 Å². The zero-order valence-corrected chi connectivity index (χ0v) is 61.3. The average Bonchev–Trinajstić information content (AvgIpc) is 3.71. The van der Waals surface area contributed by atoms with Crippen molar-refractivity contribution >= 4 is 39.5 Å². The smallest absolute Gasteiger partial charge is 0.462 e. The Morgan fingerprint density at radius 2 is 0.527 bits per heavy atom. The normalized spacial score (nSPS) is 14.5. The van der Waals surface area contributed by atoms with Gasteiger partial charge in [0.25, 0.3) is 0 Å². The van der Waals surface area contributed by atoms with Gasteiger partial charge in [-0.25, -0.2) is 9.13 Å². The maximum Gasteiger partial charge on any atom is 0.472 e. The molecule has 0 heterocycles. The van der Waals surface area contributed by atoms with Crippen molar-refractivity contribution in [3.63, 3.8) is 0 Å². The molecule has 0 aliphatic carbocycles. The molecular formula is C72H140O17P2. The third-order valence-corrected chi connectivity index (χ3v) is 18.8. The molecule has 0 saturated carbocycles. The van der Waals surface area contributed by atoms with Gasteiger partial charge in [-0.3, -0.25) is 37.3 Å². The number of aliphatic hydroxyl groups excluding tert-OH is 1. The number of carbonyl (C=O) groups excluding carboxylic acids is 4. The highest BCUT2D eigenvalue weighted by molar-refractivity contribution is 7.47. The lowest BCUT2D eigenvalue weighted by atomic mass is 9.99. The molecule has 19 heteroatoms. The lowest BCUT2D eigenvalue weighted by Gasteiger charge is -2.21. The molecule has 0 bridgehead atoms. The highest BCUT2D eigenvalue weighted by Gasteiger charge is 2.30. The second kappa shape index (κ2) is 61.6. The summed E-state index contributed by atoms with van der Waals surface area (Å²) in [6.07, 6.45) is 44.5. The summed E-state index contributed by atoms with van der Waals surface area (Å²) in [6, 6.07) is 0. The number of carbonyl (C=O) groups is 4. The molecule has 3 N–H and O–H groups in total. The van der Waals surface area contributed by atoms with E-state index in [-0.39, 0.29) is 25.7 Å². The van der Waals surface area contributed by atoms with Crippen LogP contribution in [0.3, 0.4) is 0 Å². The van der Waals surface area contributed by atoms with Crippen molar-refractivity contribution in [2.75, 3.05) is 39.6 Å². The largest absolute Gasteiger partial charge is 0.472 e. The molecule has 0 spiro atoms. The molecular weight excluding hydrogens is 1200 g/mol. The number of rotatable bonds is 69. The van der Waals surface area contributed by atoms with Crippen molar-refractivity contribution in [2.24, 2.45) is 23.7 Å². The summed E-state index contributed by atoms with van der Waals surface area (Å²) in [5, 5.41) is 10.6. The van der Waals surface area contributed by atoms with Crippen molar-refractivity contribution in [2.45, 2.75) is 375 Å². The van der Waals surface area contributed by atoms with Crippen LogP contribution in [-0.2, 0) is 65.4 Å². The highest BCUT2D eigenvalue weighted by Crippen LogP contribution is 2.45. The second-order valence-corrected chi connectivity index (χ2v) is 30.6. The number of unbranched alkanes of at least 4 members (excludes halogenated alkanes) is 34. The first-order chi connectivity index (χ1) is 43.6. The Bertz CT molecular complexity index is 1800. The first-order valence-electron chi connectivity index (χ1n) is 37.2. The summed E-state index contributed by atoms with van der Waals surface area (Å²) < 4.78 is 68.3. The number of hydrogen-bond donors (Lipinski definition) is 3. The second-order valence-electron chi connectivity index (χ2n) is 27.6. The molecule has 0 radical (unpaired) electrons. The molecule has 0 aromatic carbocycles. The van der Waals surface area contributed by atoms with Gasteiger partial charge < -0.3 is 33.8 Å². The van der Waals surface area contributed by atoms with E-state index in [1.165, 1.54) is 154 Å². The minimum atomic E-state index is -4.95. The predicted octanol–water partition coefficient (Wildman–Crippen LogP) is 20.5. The Morgan fingerprint density at radius 3 is 0.780 bits per heavy atom. The molecule has 0 aromatic heterocycles. The molecule has 0 rings (SSSR count). The average molecular weight is 1340 g/mol. The minimum Gasteiger partial charge on any atom is -0.462 e. The van der Waals surface area contributed by atoms with E-state index in [1.807, 2.05) is 0 Å². The van der Waals surface area contributed by atoms with Gasteiger partial charge >= 0.3 is 39.5 Å². The van der Waals surface area contributed by atoms with E-state index in [1.54, 1.807) is 0 Å². The monoisotopic (exact) mass is 1340 g/mol. The molecule has 0 aliphatic heterocycles. The lowest BCUT2D eigenvalue weighted by Crippen LogP contribution is -2.30. The van der Waals surface area contributed by atoms with Gasteiger partial charge in [-0.15, -0.1) is 0 Å². The molecule has 0 aliphatic rings. The lowest BCUT2D eigenvalue weighted by molar-refractivity contribution is -0.161. The van der Waals surface area contributed by atoms with Crippen molar-refractivity contribution < 1.29 is 80.2 Å². The zero-order chi connectivity index (χ0) is 67.5. The first-order valence-corrected chi connectivity index (χ1v) is 40.2. The summed E-state index contributed by atoms with van der Waals surface area (Å²) in [5.41, 5.74) is 0. The van der Waals surface area contributed by atoms with Gasteiger partial charge in [0.05, 0.1) is 26.4 Å². The summed E-state index contributed by atoms with van der Waals surface area (Å²) >= 11 is 0. The van der Waals surface area contributed by atoms with Gasteiger partial charge in [0.2, 0.25) is 0 Å². The zero-order valence-electron chi connectivity index (χ0n) is 59.5. The Hall–Kier alpha value is -1.94. The Kier molecular flexibility index (Phi) is 60.3. The van der Waals surface area contributed by atoms with Crippen LogP contribution in [0.2, 0.25) is 0 Å². The van der Waals surface area contributed by atoms with Crippen LogP contribution in [0.4, 0.5) is 0 Å². The maximum atomic E-state index is 13.0. The molecule has 17 nitrogen and oxygen atoms in total. The van der Waals surface area contributed by atoms with Crippen molar-refractivity contribution in [1.29, 1.82) is 0 Å². The standard InChI is InChI=1S/C72H140O17P2/c1-9-65(8)51-43-35-27-20-22-28-36-44-52-69(74)82-58-67(89-72(77)55-47-39-30-21-19-25-33-41-49-63(4)5)60-86-90(78,79)84-56-66(73)57-85-91(80,81)87-61-68(59-83-70(75)53-45-37-31-23-26-34-42-50-64(6)7)88-71(76)54-46-38-29-18-16-14-12-10-11-13-15-17-24-32-40-48-62(2)3/h62-68,73H,9-61H2,1-8H3,(H,78,79)(H,80,81)/t65?,66?,67-,68-/m1/s1. The van der Waals surface area contributed by atoms with Crippen molar-refractivity contribution in [3.8, 4) is 0 Å². The topological polar surface area (TPSA) is 237 Å². The van der Waals surface area contributed by atoms with Crippen LogP contribution in [-0.4, -0.2) is 96.7 Å². The number of phosphoric ester groups is 2. The van der Waals surface area contributed by atoms with Crippen LogP contribution in [0.15, 0.2) is 0 Å². The summed E-state index contributed by atoms with van der Waals surface area (Å²) in [5.74, 6) is 0.874. The van der Waals surface area contributed by atoms with E-state index in [9.17, 15) is 43.2 Å². The van der Waals surface area contributed by atoms with Gasteiger partial charge in [-0.1, -0.05) is 306 Å². The van der Waals surface area contributed by atoms with Crippen LogP contribution in [0.1, 0.15) is 357 Å². The fraction of sp³-hybridized carbons (Fsp3) is 0.944. The van der Waals surface area contributed by atoms with Gasteiger partial charge in [0, 0.05) is 25.7 Å². The Labute approximate surface area is 556 Å². The van der Waals surface area contributed by atoms with Crippen LogP contribution >= 0.6 is 15.6 Å². The van der Waals surface area contributed by atoms with Crippen LogP contribution < -0.4 is 0 Å². The number of ether oxygens (including phenoxy) is 4. The van der Waals surface area contributed by atoms with Crippen molar-refractivity contribution in [3.05, 3.63) is 0 Å². The van der Waals surface area contributed by atoms with Gasteiger partial charge in [-0.2, -0.15) is 0 Å². The van der Waals surface area contributed by atoms with Crippen LogP contribution in [0.25, 0.3) is 0 Å². The maximum absolute atomic E-state index is 13.0. The molecule has 4 unspecified atom stereocenters. The van der Waals surface area contributed by atoms with E-state index in [0.717, 1.165) is 114 Å². The highest BCUT2D eigenvalue weighted by atomic mass is 31.2. The fourth-order valence-corrected chi connectivity index (χ4v) is 12.4. The van der Waals surface area contributed by atoms with Crippen LogP contribution in [0.5, 0.6) is 0 Å². The fourth-order valence-electron chi connectivity index (χ4n) is 10.8. The SMILES string of the molecule is CCC(C)CCCCCCCCCCC(=O)OC[C@H](COP(=O)(O)OCC(O)COP(=O)(O)OC[C@@H](COC(=O)CCCCCCCCCC(C)C)OC(=O)CCCCCCCCCCCCCCCCCC(C)C)OC(=O)CCCCCCCCCCC(C)C. The number of phosphoric acid groups is 2. The number of hydrogen-bond acceptors (Lipinski definition) is 15. The molecule has 0 saturated heterocycles. The third-order valence-electron chi connectivity index (χ3n) is 16.9. The minimum absolute atomic E-state index is 0.104. The third kappa shape index (κ3) is 65.1. The van der Waals surface area contributed by atoms with E-state index >= 15 is 0 Å². The first kappa shape index (κ1) is 89.1. The van der Waals surface area contributed by atoms with Gasteiger partial charge in [0.15, 0.2) is 12.2 Å². The van der Waals surface area contributed by atoms with Gasteiger partial charge in [0.1, 0.15) is 19.3 Å². The molecule has 0 aromatic rings. The van der Waals surface area contributed by atoms with Crippen LogP contribution in [0, 0.1) is 23.7 Å². The van der Waals surface area contributed by atoms with E-state index in [4.69, 9.17) is 37.0 Å². The molecule has 0 amide bonds. The summed E-state index contributed by atoms with van der Waals surface area (Å²) in [4.78, 5) is 72.6. The molecule has 0 fully saturated rings. The number of aliphatic hydroxyl groups is 1. The molecule has 540 valence electrons. The molecule has 91 heavy (non-hydrogen) atoms. The molecule has 6 atom stereocenters. The summed E-state index contributed by atoms with van der Waals surface area (Å²) in [6.45, 7) is 14.1. The number of esters is 4. The summed E-state index contributed by atoms with van der Waals surface area (Å²) in [7, 11) is -9.91. The van der Waals surface area contributed by atoms with Crippen molar-refractivity contribution in [1.82, 2.24) is 0 Å². The Balaban J connectivity index is 5.22. The van der Waals surface area contributed by atoms with Gasteiger partial charge in [-0.05, 0) is 49.4 Å². The predicted molar refractivity (Wildman–Crippen MR) is 367 cm³/mol. The van der Waals surface area contributed by atoms with E-state index < -0.39 is 97.5 Å².